The summed E-state index contributed by atoms with van der Waals surface area (Å²) in [5.41, 5.74) is 1.49. The summed E-state index contributed by atoms with van der Waals surface area (Å²) in [6, 6.07) is 6.45. The van der Waals surface area contributed by atoms with Crippen LogP contribution >= 0.6 is 11.3 Å². The molecule has 1 aliphatic rings. The minimum Gasteiger partial charge on any atom is -0.498 e. The van der Waals surface area contributed by atoms with Crippen molar-refractivity contribution in [3.63, 3.8) is 0 Å². The number of benzene rings is 1. The van der Waals surface area contributed by atoms with Crippen LogP contribution in [0.4, 0.5) is 4.39 Å². The summed E-state index contributed by atoms with van der Waals surface area (Å²) in [4.78, 5) is 21.2. The van der Waals surface area contributed by atoms with E-state index in [0.717, 1.165) is 0 Å². The van der Waals surface area contributed by atoms with Crippen LogP contribution in [0.2, 0.25) is 0 Å². The normalized spacial score (nSPS) is 16.9. The van der Waals surface area contributed by atoms with Crippen molar-refractivity contribution in [3.8, 4) is 11.4 Å². The molecule has 3 aromatic rings. The largest absolute Gasteiger partial charge is 0.498 e. The van der Waals surface area contributed by atoms with Crippen molar-refractivity contribution in [1.29, 1.82) is 0 Å². The van der Waals surface area contributed by atoms with Gasteiger partial charge >= 0.3 is 0 Å². The molecule has 1 amide bonds. The van der Waals surface area contributed by atoms with Crippen molar-refractivity contribution in [2.75, 3.05) is 20.8 Å². The lowest BCUT2D eigenvalue weighted by atomic mass is 10.0. The molecule has 2 N–H and O–H groups in total. The molecular formula is C23H22FN3O4S. The summed E-state index contributed by atoms with van der Waals surface area (Å²) in [5.74, 6) is 0.331. The molecule has 0 spiro atoms. The Kier molecular flexibility index (Phi) is 6.59. The topological polar surface area (TPSA) is 93.6 Å². The molecule has 0 bridgehead atoms. The summed E-state index contributed by atoms with van der Waals surface area (Å²) in [5, 5.41) is 15.8. The van der Waals surface area contributed by atoms with Crippen molar-refractivity contribution in [2.24, 2.45) is 0 Å². The number of methoxy groups -OCH3 is 2. The number of halogens is 1. The fourth-order valence-corrected chi connectivity index (χ4v) is 4.45. The van der Waals surface area contributed by atoms with E-state index in [1.807, 2.05) is 6.07 Å². The second-order valence-corrected chi connectivity index (χ2v) is 8.05. The summed E-state index contributed by atoms with van der Waals surface area (Å²) in [6.07, 6.45) is 4.19. The van der Waals surface area contributed by atoms with Crippen molar-refractivity contribution < 1.29 is 23.8 Å². The van der Waals surface area contributed by atoms with E-state index >= 15 is 0 Å². The van der Waals surface area contributed by atoms with E-state index in [0.29, 0.717) is 44.9 Å². The first-order chi connectivity index (χ1) is 15.5. The number of aliphatic hydroxyl groups excluding tert-OH is 1. The minimum atomic E-state index is -1.04. The van der Waals surface area contributed by atoms with Crippen LogP contribution in [0.3, 0.4) is 0 Å². The molecule has 4 rings (SSSR count). The average molecular weight is 456 g/mol. The second-order valence-electron chi connectivity index (χ2n) is 7.17. The zero-order valence-corrected chi connectivity index (χ0v) is 18.4. The highest BCUT2D eigenvalue weighted by atomic mass is 32.1. The third kappa shape index (κ3) is 4.40. The van der Waals surface area contributed by atoms with Gasteiger partial charge in [-0.3, -0.25) is 4.79 Å². The van der Waals surface area contributed by atoms with Gasteiger partial charge in [0.05, 0.1) is 17.5 Å². The number of amides is 1. The molecule has 32 heavy (non-hydrogen) atoms. The molecule has 2 unspecified atom stereocenters. The molecule has 0 saturated heterocycles. The van der Waals surface area contributed by atoms with Gasteiger partial charge in [0.2, 0.25) is 0 Å². The molecule has 166 valence electrons. The summed E-state index contributed by atoms with van der Waals surface area (Å²) >= 11 is 1.28. The van der Waals surface area contributed by atoms with Crippen molar-refractivity contribution in [1.82, 2.24) is 15.3 Å². The van der Waals surface area contributed by atoms with Crippen LogP contribution in [0.1, 0.15) is 18.2 Å². The van der Waals surface area contributed by atoms with Crippen molar-refractivity contribution in [2.45, 2.75) is 18.6 Å². The van der Waals surface area contributed by atoms with Gasteiger partial charge in [0.1, 0.15) is 23.8 Å². The fraction of sp³-hybridized carbons (Fsp3) is 0.261. The number of aliphatic hydroxyl groups is 1. The van der Waals surface area contributed by atoms with Crippen LogP contribution in [0.25, 0.3) is 21.5 Å². The number of ether oxygens (including phenoxy) is 2. The molecule has 0 aliphatic heterocycles. The van der Waals surface area contributed by atoms with Gasteiger partial charge in [0.15, 0.2) is 5.82 Å². The molecule has 0 radical (unpaired) electrons. The van der Waals surface area contributed by atoms with E-state index in [4.69, 9.17) is 9.47 Å². The maximum atomic E-state index is 14.0. The first kappa shape index (κ1) is 22.1. The van der Waals surface area contributed by atoms with Crippen molar-refractivity contribution >= 4 is 27.3 Å². The SMILES string of the molecule is COC1=CC(C(=O)NCC(O)c2ccnc(-c3csc4c(F)cccc34)n2)=CCC1OC. The quantitative estimate of drug-likeness (QED) is 0.566. The van der Waals surface area contributed by atoms with Crippen molar-refractivity contribution in [3.05, 3.63) is 70.8 Å². The maximum absolute atomic E-state index is 14.0. The lowest BCUT2D eigenvalue weighted by Gasteiger charge is -2.21. The molecule has 1 aromatic carbocycles. The van der Waals surface area contributed by atoms with Gasteiger partial charge in [0, 0.05) is 41.8 Å². The van der Waals surface area contributed by atoms with E-state index in [-0.39, 0.29) is 24.4 Å². The Morgan fingerprint density at radius 1 is 1.38 bits per heavy atom. The van der Waals surface area contributed by atoms with E-state index in [9.17, 15) is 14.3 Å². The number of thiophene rings is 1. The molecule has 2 atom stereocenters. The van der Waals surface area contributed by atoms with Gasteiger partial charge in [-0.05, 0) is 24.6 Å². The number of rotatable bonds is 7. The molecule has 2 aromatic heterocycles. The van der Waals surface area contributed by atoms with E-state index in [1.54, 1.807) is 36.8 Å². The number of hydrogen-bond acceptors (Lipinski definition) is 7. The highest BCUT2D eigenvalue weighted by Gasteiger charge is 2.22. The second kappa shape index (κ2) is 9.56. The van der Waals surface area contributed by atoms with Crippen LogP contribution in [-0.4, -0.2) is 47.8 Å². The van der Waals surface area contributed by atoms with E-state index in [2.05, 4.69) is 15.3 Å². The van der Waals surface area contributed by atoms with Crippen LogP contribution in [-0.2, 0) is 14.3 Å². The molecule has 9 heteroatoms. The highest BCUT2D eigenvalue weighted by Crippen LogP contribution is 2.34. The van der Waals surface area contributed by atoms with Gasteiger partial charge < -0.3 is 19.9 Å². The van der Waals surface area contributed by atoms with E-state index in [1.165, 1.54) is 30.7 Å². The zero-order chi connectivity index (χ0) is 22.7. The highest BCUT2D eigenvalue weighted by molar-refractivity contribution is 7.17. The Balaban J connectivity index is 1.46. The standard InChI is InChI=1S/C23H22FN3O4S/c1-30-19-7-6-13(10-20(19)31-2)23(29)26-11-18(28)17-8-9-25-22(27-17)15-12-32-21-14(15)4-3-5-16(21)24/h3-6,8-10,12,18-19,28H,7,11H2,1-2H3,(H,26,29). The van der Waals surface area contributed by atoms with Gasteiger partial charge in [-0.2, -0.15) is 0 Å². The first-order valence-corrected chi connectivity index (χ1v) is 10.8. The number of carbonyl (C=O) groups is 1. The average Bonchev–Trinajstić information content (AvgIpc) is 3.27. The Morgan fingerprint density at radius 3 is 3.00 bits per heavy atom. The Morgan fingerprint density at radius 2 is 2.22 bits per heavy atom. The minimum absolute atomic E-state index is 0.0322. The Bertz CT molecular complexity index is 1210. The Hall–Kier alpha value is -3.14. The monoisotopic (exact) mass is 455 g/mol. The van der Waals surface area contributed by atoms with Crippen LogP contribution in [0.15, 0.2) is 59.3 Å². The number of hydrogen-bond donors (Lipinski definition) is 2. The van der Waals surface area contributed by atoms with Crippen LogP contribution < -0.4 is 5.32 Å². The van der Waals surface area contributed by atoms with Crippen LogP contribution in [0.5, 0.6) is 0 Å². The predicted octanol–water partition coefficient (Wildman–Crippen LogP) is 3.52. The van der Waals surface area contributed by atoms with Gasteiger partial charge in [0.25, 0.3) is 5.91 Å². The molecule has 0 fully saturated rings. The van der Waals surface area contributed by atoms with E-state index < -0.39 is 6.10 Å². The lowest BCUT2D eigenvalue weighted by Crippen LogP contribution is -2.31. The molecular weight excluding hydrogens is 433 g/mol. The van der Waals surface area contributed by atoms with Gasteiger partial charge in [-0.25, -0.2) is 14.4 Å². The molecule has 1 aliphatic carbocycles. The Labute approximate surface area is 188 Å². The summed E-state index contributed by atoms with van der Waals surface area (Å²) < 4.78 is 25.1. The molecule has 7 nitrogen and oxygen atoms in total. The molecule has 0 saturated carbocycles. The number of nitrogens with zero attached hydrogens (tertiary/aromatic N) is 2. The third-order valence-electron chi connectivity index (χ3n) is 5.22. The number of nitrogens with one attached hydrogen (secondary N) is 1. The zero-order valence-electron chi connectivity index (χ0n) is 17.5. The number of aromatic nitrogens is 2. The fourth-order valence-electron chi connectivity index (χ4n) is 3.50. The van der Waals surface area contributed by atoms with Gasteiger partial charge in [-0.1, -0.05) is 18.2 Å². The first-order valence-electron chi connectivity index (χ1n) is 9.95. The maximum Gasteiger partial charge on any atom is 0.251 e. The third-order valence-corrected chi connectivity index (χ3v) is 6.22. The number of fused-ring (bicyclic) bond motifs is 1. The number of carbonyl (C=O) groups excluding carboxylic acids is 1. The smallest absolute Gasteiger partial charge is 0.251 e. The van der Waals surface area contributed by atoms with Gasteiger partial charge in [-0.15, -0.1) is 11.3 Å². The predicted molar refractivity (Wildman–Crippen MR) is 119 cm³/mol. The van der Waals surface area contributed by atoms with Crippen LogP contribution in [0, 0.1) is 5.82 Å². The lowest BCUT2D eigenvalue weighted by molar-refractivity contribution is -0.117. The molecule has 2 heterocycles. The summed E-state index contributed by atoms with van der Waals surface area (Å²) in [7, 11) is 3.11. The summed E-state index contributed by atoms with van der Waals surface area (Å²) in [6.45, 7) is -0.0322.